The van der Waals surface area contributed by atoms with E-state index in [0.717, 1.165) is 16.6 Å². The molecule has 0 radical (unpaired) electrons. The van der Waals surface area contributed by atoms with E-state index in [1.54, 1.807) is 6.07 Å². The number of aryl methyl sites for hydroxylation is 1. The van der Waals surface area contributed by atoms with Gasteiger partial charge in [0.25, 0.3) is 0 Å². The van der Waals surface area contributed by atoms with E-state index >= 15 is 0 Å². The van der Waals surface area contributed by atoms with Crippen LogP contribution in [-0.2, 0) is 13.5 Å². The molecule has 0 fully saturated rings. The molecule has 0 spiro atoms. The number of rotatable bonds is 4. The molecule has 0 saturated heterocycles. The summed E-state index contributed by atoms with van der Waals surface area (Å²) in [5.74, 6) is 5.26. The van der Waals surface area contributed by atoms with E-state index in [0.29, 0.717) is 12.1 Å². The second kappa shape index (κ2) is 5.59. The van der Waals surface area contributed by atoms with E-state index in [-0.39, 0.29) is 11.9 Å². The lowest BCUT2D eigenvalue weighted by Crippen LogP contribution is -2.30. The highest BCUT2D eigenvalue weighted by molar-refractivity contribution is 5.81. The molecule has 108 valence electrons. The molecule has 5 nitrogen and oxygen atoms in total. The maximum absolute atomic E-state index is 13.0. The minimum absolute atomic E-state index is 0.219. The van der Waals surface area contributed by atoms with Gasteiger partial charge < -0.3 is 0 Å². The van der Waals surface area contributed by atoms with Crippen molar-refractivity contribution in [2.45, 2.75) is 12.5 Å². The van der Waals surface area contributed by atoms with Crippen LogP contribution in [0, 0.1) is 5.82 Å². The number of nitrogens with one attached hydrogen (secondary N) is 1. The summed E-state index contributed by atoms with van der Waals surface area (Å²) in [4.78, 5) is 4.08. The van der Waals surface area contributed by atoms with E-state index in [9.17, 15) is 4.39 Å². The fourth-order valence-corrected chi connectivity index (χ4v) is 2.48. The fourth-order valence-electron chi connectivity index (χ4n) is 2.48. The quantitative estimate of drug-likeness (QED) is 0.567. The lowest BCUT2D eigenvalue weighted by atomic mass is 10.1. The third-order valence-corrected chi connectivity index (χ3v) is 3.54. The van der Waals surface area contributed by atoms with Gasteiger partial charge in [0, 0.05) is 18.9 Å². The van der Waals surface area contributed by atoms with Crippen molar-refractivity contribution in [2.75, 3.05) is 0 Å². The molecule has 0 aliphatic carbocycles. The Hall–Kier alpha value is -2.31. The van der Waals surface area contributed by atoms with Crippen molar-refractivity contribution >= 4 is 10.9 Å². The molecule has 2 heterocycles. The number of pyridine rings is 1. The van der Waals surface area contributed by atoms with Crippen LogP contribution in [0.1, 0.15) is 17.4 Å². The third kappa shape index (κ3) is 2.63. The van der Waals surface area contributed by atoms with Gasteiger partial charge in [0.15, 0.2) is 0 Å². The van der Waals surface area contributed by atoms with Crippen LogP contribution in [0.15, 0.2) is 42.6 Å². The van der Waals surface area contributed by atoms with Crippen molar-refractivity contribution in [1.82, 2.24) is 20.2 Å². The van der Waals surface area contributed by atoms with Crippen LogP contribution in [0.4, 0.5) is 4.39 Å². The van der Waals surface area contributed by atoms with Gasteiger partial charge in [-0.25, -0.2) is 4.39 Å². The molecule has 3 rings (SSSR count). The van der Waals surface area contributed by atoms with Crippen molar-refractivity contribution in [3.05, 3.63) is 59.8 Å². The molecule has 0 saturated carbocycles. The molecule has 1 atom stereocenters. The van der Waals surface area contributed by atoms with Gasteiger partial charge in [-0.15, -0.1) is 0 Å². The summed E-state index contributed by atoms with van der Waals surface area (Å²) in [6.07, 6.45) is 1.77. The Kier molecular flexibility index (Phi) is 3.64. The smallest absolute Gasteiger partial charge is 0.141 e. The minimum atomic E-state index is -0.363. The van der Waals surface area contributed by atoms with Crippen LogP contribution in [0.3, 0.4) is 0 Å². The van der Waals surface area contributed by atoms with Gasteiger partial charge >= 0.3 is 0 Å². The molecule has 0 aliphatic heterocycles. The van der Waals surface area contributed by atoms with E-state index in [1.807, 2.05) is 36.0 Å². The molecule has 1 aromatic carbocycles. The van der Waals surface area contributed by atoms with Crippen LogP contribution in [0.25, 0.3) is 10.9 Å². The van der Waals surface area contributed by atoms with Gasteiger partial charge in [-0.1, -0.05) is 18.2 Å². The first-order chi connectivity index (χ1) is 10.2. The molecular weight excluding hydrogens is 269 g/mol. The number of halogens is 1. The van der Waals surface area contributed by atoms with E-state index in [4.69, 9.17) is 5.84 Å². The normalized spacial score (nSPS) is 12.7. The van der Waals surface area contributed by atoms with Crippen molar-refractivity contribution < 1.29 is 4.39 Å². The molecule has 2 aromatic heterocycles. The number of para-hydroxylation sites is 1. The molecule has 0 aliphatic rings. The Morgan fingerprint density at radius 2 is 2.10 bits per heavy atom. The summed E-state index contributed by atoms with van der Waals surface area (Å²) in [6, 6.07) is 10.8. The zero-order valence-electron chi connectivity index (χ0n) is 11.6. The van der Waals surface area contributed by atoms with Gasteiger partial charge in [-0.3, -0.25) is 20.9 Å². The first-order valence-electron chi connectivity index (χ1n) is 6.67. The van der Waals surface area contributed by atoms with E-state index in [1.165, 1.54) is 12.3 Å². The fraction of sp³-hybridized carbons (Fsp3) is 0.200. The summed E-state index contributed by atoms with van der Waals surface area (Å²) >= 11 is 0. The van der Waals surface area contributed by atoms with Crippen molar-refractivity contribution in [3.63, 3.8) is 0 Å². The monoisotopic (exact) mass is 285 g/mol. The first kappa shape index (κ1) is 13.7. The number of nitrogens with two attached hydrogens (primary N) is 1. The second-order valence-corrected chi connectivity index (χ2v) is 4.91. The molecule has 1 unspecified atom stereocenters. The van der Waals surface area contributed by atoms with E-state index < -0.39 is 0 Å². The highest BCUT2D eigenvalue weighted by Crippen LogP contribution is 2.22. The predicted octanol–water partition coefficient (Wildman–Crippen LogP) is 1.85. The van der Waals surface area contributed by atoms with Gasteiger partial charge in [-0.05, 0) is 18.2 Å². The zero-order chi connectivity index (χ0) is 14.8. The summed E-state index contributed by atoms with van der Waals surface area (Å²) in [7, 11) is 1.91. The average molecular weight is 285 g/mol. The third-order valence-electron chi connectivity index (χ3n) is 3.54. The molecule has 6 heteroatoms. The van der Waals surface area contributed by atoms with Crippen molar-refractivity contribution in [2.24, 2.45) is 12.9 Å². The Bertz CT molecular complexity index is 750. The maximum Gasteiger partial charge on any atom is 0.141 e. The van der Waals surface area contributed by atoms with Gasteiger partial charge in [0.1, 0.15) is 5.82 Å². The molecule has 3 N–H and O–H groups in total. The number of nitrogens with zero attached hydrogens (tertiary/aromatic N) is 3. The number of hydrazine groups is 1. The lowest BCUT2D eigenvalue weighted by Gasteiger charge is -2.14. The van der Waals surface area contributed by atoms with Crippen molar-refractivity contribution in [3.8, 4) is 0 Å². The minimum Gasteiger partial charge on any atom is -0.271 e. The van der Waals surface area contributed by atoms with Crippen molar-refractivity contribution in [1.29, 1.82) is 0 Å². The summed E-state index contributed by atoms with van der Waals surface area (Å²) in [5.41, 5.74) is 5.41. The molecule has 0 amide bonds. The molecule has 21 heavy (non-hydrogen) atoms. The van der Waals surface area contributed by atoms with Crippen LogP contribution in [0.2, 0.25) is 0 Å². The molecular formula is C15H16FN5. The van der Waals surface area contributed by atoms with E-state index in [2.05, 4.69) is 15.5 Å². The highest BCUT2D eigenvalue weighted by atomic mass is 19.1. The topological polar surface area (TPSA) is 68.8 Å². The molecule has 0 bridgehead atoms. The predicted molar refractivity (Wildman–Crippen MR) is 78.7 cm³/mol. The Morgan fingerprint density at radius 1 is 1.29 bits per heavy atom. The highest BCUT2D eigenvalue weighted by Gasteiger charge is 2.16. The number of hydrogen-bond donors (Lipinski definition) is 2. The number of aromatic nitrogens is 3. The van der Waals surface area contributed by atoms with Gasteiger partial charge in [0.05, 0.1) is 29.1 Å². The average Bonchev–Trinajstić information content (AvgIpc) is 2.83. The van der Waals surface area contributed by atoms with Crippen LogP contribution < -0.4 is 11.3 Å². The first-order valence-corrected chi connectivity index (χ1v) is 6.67. The van der Waals surface area contributed by atoms with Crippen LogP contribution in [-0.4, -0.2) is 14.8 Å². The SMILES string of the molecule is Cn1nc(CC(NN)c2ccc(F)cn2)c2ccccc21. The number of hydrogen-bond acceptors (Lipinski definition) is 4. The van der Waals surface area contributed by atoms with Crippen LogP contribution in [0.5, 0.6) is 0 Å². The van der Waals surface area contributed by atoms with Gasteiger partial charge in [0.2, 0.25) is 0 Å². The standard InChI is InChI=1S/C15H16FN5/c1-21-15-5-3-2-4-11(15)13(20-21)8-14(19-17)12-7-6-10(16)9-18-12/h2-7,9,14,19H,8,17H2,1H3. The Morgan fingerprint density at radius 3 is 2.81 bits per heavy atom. The molecule has 3 aromatic rings. The Labute approximate surface area is 121 Å². The maximum atomic E-state index is 13.0. The number of fused-ring (bicyclic) bond motifs is 1. The Balaban J connectivity index is 1.94. The van der Waals surface area contributed by atoms with Gasteiger partial charge in [-0.2, -0.15) is 5.10 Å². The number of benzene rings is 1. The largest absolute Gasteiger partial charge is 0.271 e. The zero-order valence-corrected chi connectivity index (χ0v) is 11.6. The lowest BCUT2D eigenvalue weighted by molar-refractivity contribution is 0.526. The summed E-state index contributed by atoms with van der Waals surface area (Å²) in [5, 5.41) is 5.63. The summed E-state index contributed by atoms with van der Waals surface area (Å²) < 4.78 is 14.8. The summed E-state index contributed by atoms with van der Waals surface area (Å²) in [6.45, 7) is 0. The van der Waals surface area contributed by atoms with Crippen LogP contribution >= 0.6 is 0 Å². The second-order valence-electron chi connectivity index (χ2n) is 4.91.